The van der Waals surface area contributed by atoms with E-state index >= 15 is 0 Å². The van der Waals surface area contributed by atoms with Crippen LogP contribution in [0.15, 0.2) is 72.8 Å². The molecule has 0 aromatic heterocycles. The van der Waals surface area contributed by atoms with Gasteiger partial charge in [-0.05, 0) is 195 Å². The highest BCUT2D eigenvalue weighted by molar-refractivity contribution is 5.69. The van der Waals surface area contributed by atoms with Gasteiger partial charge in [0, 0.05) is 58.2 Å². The first-order valence-electron chi connectivity index (χ1n) is 40.0. The molecule has 7 rings (SSSR count). The lowest BCUT2D eigenvalue weighted by Gasteiger charge is -2.29. The molecule has 1 aliphatic rings. The molecule has 0 saturated carbocycles. The van der Waals surface area contributed by atoms with Crippen LogP contribution in [0.25, 0.3) is 0 Å². The Labute approximate surface area is 666 Å². The number of hydrogen-bond donors (Lipinski definition) is 6. The number of alkyl carbamates (subject to hydrolysis) is 3. The van der Waals surface area contributed by atoms with Gasteiger partial charge in [0.15, 0.2) is 0 Å². The molecule has 0 atom stereocenters. The summed E-state index contributed by atoms with van der Waals surface area (Å²) in [5, 5.41) is 8.90. The molecule has 0 spiro atoms. The third-order valence-electron chi connectivity index (χ3n) is 19.1. The molecule has 0 radical (unpaired) electrons. The molecular weight excluding hydrogens is 1390 g/mol. The van der Waals surface area contributed by atoms with E-state index in [2.05, 4.69) is 213 Å². The van der Waals surface area contributed by atoms with Crippen molar-refractivity contribution < 1.29 is 57.0 Å². The van der Waals surface area contributed by atoms with Crippen molar-refractivity contribution in [3.05, 3.63) is 173 Å². The monoisotopic (exact) mass is 1530 g/mol. The zero-order chi connectivity index (χ0) is 82.8. The number of rotatable bonds is 21. The Hall–Kier alpha value is -8.19. The number of fused-ring (bicyclic) bond motifs is 12. The van der Waals surface area contributed by atoms with Gasteiger partial charge < -0.3 is 75.8 Å². The number of benzene rings is 6. The quantitative estimate of drug-likeness (QED) is 0.0289. The third-order valence-corrected chi connectivity index (χ3v) is 19.1. The number of nitrogens with one attached hydrogen (secondary N) is 3. The molecule has 18 nitrogen and oxygen atoms in total. The topological polar surface area (TPSA) is 248 Å². The van der Waals surface area contributed by atoms with Crippen molar-refractivity contribution in [2.75, 3.05) is 78.9 Å². The van der Waals surface area contributed by atoms with Crippen LogP contribution in [0.1, 0.15) is 287 Å². The molecule has 6 aromatic carbocycles. The second-order valence-corrected chi connectivity index (χ2v) is 39.0. The molecule has 6 aromatic rings. The van der Waals surface area contributed by atoms with E-state index in [1.54, 1.807) is 0 Å². The van der Waals surface area contributed by atoms with Crippen molar-refractivity contribution >= 4 is 18.3 Å². The Morgan fingerprint density at radius 2 is 0.387 bits per heavy atom. The third kappa shape index (κ3) is 26.5. The van der Waals surface area contributed by atoms with Gasteiger partial charge in [-0.25, -0.2) is 14.4 Å². The van der Waals surface area contributed by atoms with Crippen LogP contribution in [0.3, 0.4) is 0 Å². The largest absolute Gasteiger partial charge is 0.492 e. The first-order chi connectivity index (χ1) is 51.2. The van der Waals surface area contributed by atoms with E-state index in [4.69, 9.17) is 59.8 Å². The standard InChI is InChI=1S/C93H138N6O12/c1-85(2,3)70-46-58-40-64-52-73(88(10,11)12)54-66(79(64)106-37-31-97-82(100)109-91(19,20)21)42-60-48-71(86(4,5)6)50-62(77(60)104-35-29-95)44-68-56-75(90(16,17)18)57-69(81(68)108-39-33-99-84(102)111-93(25,26)27)45-63-51-72(87(7,8)9)49-61(78(63)105-36-30-96)43-67-55-74(89(13,14)15)53-65(41-59(47-70)76(58)103-34-28-94)80(67)107-38-32-98-83(101)110-92(22,23)24/h46-57H,28-45,94-96H2,1-27H3,(H,97,100)(H,98,101)(H,99,102). The number of hydrogen-bond acceptors (Lipinski definition) is 15. The fraction of sp³-hybridized carbons (Fsp3) is 0.581. The molecule has 0 saturated heterocycles. The van der Waals surface area contributed by atoms with Gasteiger partial charge in [0.25, 0.3) is 0 Å². The van der Waals surface area contributed by atoms with Crippen LogP contribution in [0.2, 0.25) is 0 Å². The minimum absolute atomic E-state index is 0.106. The molecule has 9 N–H and O–H groups in total. The van der Waals surface area contributed by atoms with Crippen LogP contribution in [0, 0.1) is 0 Å². The van der Waals surface area contributed by atoms with Crippen molar-refractivity contribution in [1.82, 2.24) is 16.0 Å². The van der Waals surface area contributed by atoms with Crippen LogP contribution in [-0.4, -0.2) is 114 Å². The second kappa shape index (κ2) is 36.3. The summed E-state index contributed by atoms with van der Waals surface area (Å²) in [5.41, 5.74) is 32.7. The summed E-state index contributed by atoms with van der Waals surface area (Å²) in [6.07, 6.45) is 0.528. The van der Waals surface area contributed by atoms with Gasteiger partial charge in [0.1, 0.15) is 90.9 Å². The van der Waals surface area contributed by atoms with E-state index in [9.17, 15) is 14.4 Å². The summed E-state index contributed by atoms with van der Waals surface area (Å²) >= 11 is 0. The second-order valence-electron chi connectivity index (χ2n) is 39.0. The molecule has 0 heterocycles. The van der Waals surface area contributed by atoms with Crippen LogP contribution < -0.4 is 61.6 Å². The lowest BCUT2D eigenvalue weighted by Crippen LogP contribution is -2.34. The molecule has 612 valence electrons. The summed E-state index contributed by atoms with van der Waals surface area (Å²) in [7, 11) is 0. The van der Waals surface area contributed by atoms with Gasteiger partial charge in [0.05, 0.1) is 19.6 Å². The lowest BCUT2D eigenvalue weighted by atomic mass is 9.79. The van der Waals surface area contributed by atoms with Gasteiger partial charge in [0.2, 0.25) is 0 Å². The number of carbonyl (C=O) groups is 3. The number of ether oxygens (including phenoxy) is 9. The maximum Gasteiger partial charge on any atom is 0.407 e. The smallest absolute Gasteiger partial charge is 0.407 e. The summed E-state index contributed by atoms with van der Waals surface area (Å²) in [5.74, 6) is 4.07. The van der Waals surface area contributed by atoms with Crippen molar-refractivity contribution in [3.8, 4) is 34.5 Å². The van der Waals surface area contributed by atoms with Gasteiger partial charge in [-0.1, -0.05) is 197 Å². The Bertz CT molecular complexity index is 3630. The van der Waals surface area contributed by atoms with E-state index in [1.807, 2.05) is 62.3 Å². The summed E-state index contributed by atoms with van der Waals surface area (Å²) < 4.78 is 60.5. The zero-order valence-electron chi connectivity index (χ0n) is 72.8. The van der Waals surface area contributed by atoms with E-state index in [0.29, 0.717) is 73.0 Å². The first-order valence-corrected chi connectivity index (χ1v) is 40.0. The fourth-order valence-corrected chi connectivity index (χ4v) is 13.4. The van der Waals surface area contributed by atoms with Gasteiger partial charge in [-0.15, -0.1) is 0 Å². The van der Waals surface area contributed by atoms with Crippen LogP contribution in [0.4, 0.5) is 14.4 Å². The molecule has 3 amide bonds. The van der Waals surface area contributed by atoms with Gasteiger partial charge in [-0.3, -0.25) is 0 Å². The van der Waals surface area contributed by atoms with Crippen LogP contribution >= 0.6 is 0 Å². The van der Waals surface area contributed by atoms with E-state index in [0.717, 1.165) is 100 Å². The maximum absolute atomic E-state index is 13.4. The molecule has 111 heavy (non-hydrogen) atoms. The highest BCUT2D eigenvalue weighted by Gasteiger charge is 2.33. The number of carbonyl (C=O) groups excluding carboxylic acids is 3. The fourth-order valence-electron chi connectivity index (χ4n) is 13.4. The minimum atomic E-state index is -0.719. The number of amides is 3. The SMILES string of the molecule is CC(C)(C)OC(=O)NCCOc1c2cc(C(C)(C)C)cc1Cc1cc(C(C)(C)C)cc(c1OCCN)Cc1cc(C(C)(C)C)cc(c1OCCNC(=O)OC(C)(C)C)Cc1cc(C(C)(C)C)cc(c1OCCN)Cc1cc(C(C)(C)C)cc(c1OCCNC(=O)OC(C)(C)C)Cc1cc(C(C)(C)C)cc(c1OCCN)C2. The van der Waals surface area contributed by atoms with Crippen molar-refractivity contribution in [3.63, 3.8) is 0 Å². The minimum Gasteiger partial charge on any atom is -0.492 e. The predicted octanol–water partition coefficient (Wildman–Crippen LogP) is 18.1. The zero-order valence-corrected chi connectivity index (χ0v) is 72.8. The maximum atomic E-state index is 13.4. The summed E-state index contributed by atoms with van der Waals surface area (Å²) in [4.78, 5) is 40.2. The Morgan fingerprint density at radius 3 is 0.505 bits per heavy atom. The van der Waals surface area contributed by atoms with Gasteiger partial charge in [-0.2, -0.15) is 0 Å². The van der Waals surface area contributed by atoms with Crippen molar-refractivity contribution in [2.45, 2.75) is 275 Å². The Morgan fingerprint density at radius 1 is 0.252 bits per heavy atom. The molecule has 18 heteroatoms. The highest BCUT2D eigenvalue weighted by atomic mass is 16.6. The Balaban J connectivity index is 1.73. The molecule has 0 aliphatic heterocycles. The van der Waals surface area contributed by atoms with Crippen LogP contribution in [-0.2, 0) is 85.2 Å². The highest BCUT2D eigenvalue weighted by Crippen LogP contribution is 2.47. The van der Waals surface area contributed by atoms with Crippen LogP contribution in [0.5, 0.6) is 34.5 Å². The summed E-state index contributed by atoms with van der Waals surface area (Å²) in [6.45, 7) is 59.0. The predicted molar refractivity (Wildman–Crippen MR) is 451 cm³/mol. The molecule has 12 bridgehead atoms. The van der Waals surface area contributed by atoms with Crippen molar-refractivity contribution in [2.24, 2.45) is 17.2 Å². The molecular formula is C93H138N6O12. The Kier molecular flexibility index (Phi) is 29.4. The molecule has 1 aliphatic carbocycles. The molecule has 0 fully saturated rings. The summed E-state index contributed by atoms with van der Waals surface area (Å²) in [6, 6.07) is 27.3. The molecule has 0 unspecified atom stereocenters. The van der Waals surface area contributed by atoms with E-state index in [-0.39, 0.29) is 111 Å². The van der Waals surface area contributed by atoms with E-state index in [1.165, 1.54) is 0 Å². The van der Waals surface area contributed by atoms with Gasteiger partial charge >= 0.3 is 18.3 Å². The average Bonchev–Trinajstić information content (AvgIpc) is 0.770. The average molecular weight is 1530 g/mol. The first kappa shape index (κ1) is 90.0. The normalized spacial score (nSPS) is 13.5. The van der Waals surface area contributed by atoms with E-state index < -0.39 is 35.1 Å². The lowest BCUT2D eigenvalue weighted by molar-refractivity contribution is 0.0509. The number of nitrogens with two attached hydrogens (primary N) is 3. The van der Waals surface area contributed by atoms with Crippen molar-refractivity contribution in [1.29, 1.82) is 0 Å².